The first-order valence-electron chi connectivity index (χ1n) is 4.85. The van der Waals surface area contributed by atoms with Gasteiger partial charge in [0.05, 0.1) is 6.61 Å². The van der Waals surface area contributed by atoms with Crippen LogP contribution in [0.4, 0.5) is 0 Å². The van der Waals surface area contributed by atoms with E-state index in [1.807, 2.05) is 0 Å². The summed E-state index contributed by atoms with van der Waals surface area (Å²) in [5.74, 6) is 0. The largest absolute Gasteiger partial charge is 0.358 e. The molecule has 2 rings (SSSR count). The zero-order chi connectivity index (χ0) is 8.60. The lowest BCUT2D eigenvalue weighted by atomic mass is 10.0. The van der Waals surface area contributed by atoms with Crippen LogP contribution in [-0.4, -0.2) is 42.9 Å². The summed E-state index contributed by atoms with van der Waals surface area (Å²) >= 11 is 0. The molecule has 0 aromatic rings. The normalized spacial score (nSPS) is 29.2. The lowest BCUT2D eigenvalue weighted by molar-refractivity contribution is -0.187. The summed E-state index contributed by atoms with van der Waals surface area (Å²) in [6.45, 7) is 8.63. The molecule has 0 radical (unpaired) electrons. The SMILES string of the molecule is CC(C)N1CC2(C1)NCCCO2.[HH]. The number of rotatable bonds is 1. The van der Waals surface area contributed by atoms with Gasteiger partial charge in [-0.1, -0.05) is 0 Å². The van der Waals surface area contributed by atoms with Crippen molar-refractivity contribution in [3.8, 4) is 0 Å². The summed E-state index contributed by atoms with van der Waals surface area (Å²) < 4.78 is 5.73. The topological polar surface area (TPSA) is 24.5 Å². The number of ether oxygens (including phenoxy) is 1. The van der Waals surface area contributed by atoms with Crippen LogP contribution in [0.2, 0.25) is 0 Å². The van der Waals surface area contributed by atoms with Gasteiger partial charge in [-0.25, -0.2) is 0 Å². The van der Waals surface area contributed by atoms with E-state index in [2.05, 4.69) is 24.1 Å². The molecule has 0 aromatic carbocycles. The second-order valence-electron chi connectivity index (χ2n) is 4.12. The van der Waals surface area contributed by atoms with Gasteiger partial charge in [0, 0.05) is 27.1 Å². The minimum absolute atomic E-state index is 0. The monoisotopic (exact) mass is 172 g/mol. The van der Waals surface area contributed by atoms with E-state index < -0.39 is 0 Å². The van der Waals surface area contributed by atoms with Gasteiger partial charge in [0.2, 0.25) is 0 Å². The highest BCUT2D eigenvalue weighted by Crippen LogP contribution is 2.26. The molecule has 1 spiro atoms. The standard InChI is InChI=1S/C9H18N2O.H2/c1-8(2)11-6-9(7-11)10-4-3-5-12-9;/h8,10H,3-7H2,1-2H3;1H. The molecule has 2 saturated heterocycles. The predicted molar refractivity (Wildman–Crippen MR) is 50.1 cm³/mol. The van der Waals surface area contributed by atoms with E-state index in [0.717, 1.165) is 32.7 Å². The molecule has 0 atom stereocenters. The third-order valence-corrected chi connectivity index (χ3v) is 2.79. The molecule has 2 aliphatic rings. The van der Waals surface area contributed by atoms with Gasteiger partial charge < -0.3 is 4.74 Å². The van der Waals surface area contributed by atoms with Crippen molar-refractivity contribution in [2.24, 2.45) is 0 Å². The first kappa shape index (κ1) is 8.48. The van der Waals surface area contributed by atoms with E-state index in [-0.39, 0.29) is 7.15 Å². The van der Waals surface area contributed by atoms with Gasteiger partial charge in [0.25, 0.3) is 0 Å². The highest BCUT2D eigenvalue weighted by Gasteiger charge is 2.45. The van der Waals surface area contributed by atoms with Crippen LogP contribution in [-0.2, 0) is 4.74 Å². The molecule has 1 N–H and O–H groups in total. The fraction of sp³-hybridized carbons (Fsp3) is 1.00. The Kier molecular flexibility index (Phi) is 2.10. The first-order chi connectivity index (χ1) is 5.72. The lowest BCUT2D eigenvalue weighted by Crippen LogP contribution is -2.73. The van der Waals surface area contributed by atoms with Crippen molar-refractivity contribution < 1.29 is 6.16 Å². The van der Waals surface area contributed by atoms with Crippen LogP contribution in [0, 0.1) is 0 Å². The Morgan fingerprint density at radius 3 is 2.75 bits per heavy atom. The number of likely N-dealkylation sites (tertiary alicyclic amines) is 1. The van der Waals surface area contributed by atoms with Crippen molar-refractivity contribution in [1.82, 2.24) is 10.2 Å². The molecule has 0 aliphatic carbocycles. The molecule has 0 unspecified atom stereocenters. The molecule has 3 nitrogen and oxygen atoms in total. The maximum atomic E-state index is 5.73. The summed E-state index contributed by atoms with van der Waals surface area (Å²) in [5.41, 5.74) is 0.0303. The molecule has 0 saturated carbocycles. The number of nitrogens with zero attached hydrogens (tertiary/aromatic N) is 1. The maximum Gasteiger partial charge on any atom is 0.144 e. The van der Waals surface area contributed by atoms with Gasteiger partial charge in [-0.05, 0) is 20.3 Å². The maximum absolute atomic E-state index is 5.73. The number of nitrogens with one attached hydrogen (secondary N) is 1. The molecular formula is C9H20N2O. The van der Waals surface area contributed by atoms with Crippen molar-refractivity contribution in [3.05, 3.63) is 0 Å². The quantitative estimate of drug-likeness (QED) is 0.629. The zero-order valence-electron chi connectivity index (χ0n) is 7.97. The molecule has 3 heteroatoms. The third-order valence-electron chi connectivity index (χ3n) is 2.79. The van der Waals surface area contributed by atoms with E-state index in [9.17, 15) is 0 Å². The molecule has 72 valence electrons. The second-order valence-corrected chi connectivity index (χ2v) is 4.12. The second kappa shape index (κ2) is 2.98. The van der Waals surface area contributed by atoms with Gasteiger partial charge in [0.1, 0.15) is 5.72 Å². The highest BCUT2D eigenvalue weighted by molar-refractivity contribution is 4.97. The van der Waals surface area contributed by atoms with Crippen molar-refractivity contribution in [2.45, 2.75) is 32.0 Å². The molecular weight excluding hydrogens is 152 g/mol. The average molecular weight is 172 g/mol. The number of hydrogen-bond donors (Lipinski definition) is 1. The fourth-order valence-corrected chi connectivity index (χ4v) is 1.88. The van der Waals surface area contributed by atoms with Crippen molar-refractivity contribution >= 4 is 0 Å². The fourth-order valence-electron chi connectivity index (χ4n) is 1.88. The van der Waals surface area contributed by atoms with Crippen LogP contribution in [0.3, 0.4) is 0 Å². The Hall–Kier alpha value is -0.120. The van der Waals surface area contributed by atoms with Crippen LogP contribution in [0.25, 0.3) is 0 Å². The molecule has 2 heterocycles. The van der Waals surface area contributed by atoms with Crippen LogP contribution in [0.15, 0.2) is 0 Å². The molecule has 2 fully saturated rings. The van der Waals surface area contributed by atoms with Crippen LogP contribution in [0.5, 0.6) is 0 Å². The van der Waals surface area contributed by atoms with E-state index in [1.165, 1.54) is 0 Å². The van der Waals surface area contributed by atoms with E-state index in [0.29, 0.717) is 6.04 Å². The molecule has 0 bridgehead atoms. The predicted octanol–water partition coefficient (Wildman–Crippen LogP) is 0.663. The van der Waals surface area contributed by atoms with Crippen molar-refractivity contribution in [2.75, 3.05) is 26.2 Å². The van der Waals surface area contributed by atoms with Gasteiger partial charge in [0.15, 0.2) is 0 Å². The van der Waals surface area contributed by atoms with E-state index in [4.69, 9.17) is 4.74 Å². The minimum Gasteiger partial charge on any atom is -0.358 e. The summed E-state index contributed by atoms with van der Waals surface area (Å²) in [7, 11) is 0. The Balaban J connectivity index is 0.000000845. The average Bonchev–Trinajstić information content (AvgIpc) is 2.01. The van der Waals surface area contributed by atoms with Gasteiger partial charge in [-0.3, -0.25) is 10.2 Å². The zero-order valence-corrected chi connectivity index (χ0v) is 7.97. The summed E-state index contributed by atoms with van der Waals surface area (Å²) in [6.07, 6.45) is 1.16. The first-order valence-corrected chi connectivity index (χ1v) is 4.85. The van der Waals surface area contributed by atoms with E-state index in [1.54, 1.807) is 0 Å². The van der Waals surface area contributed by atoms with Gasteiger partial charge >= 0.3 is 0 Å². The smallest absolute Gasteiger partial charge is 0.144 e. The summed E-state index contributed by atoms with van der Waals surface area (Å²) in [4.78, 5) is 2.43. The molecule has 0 amide bonds. The van der Waals surface area contributed by atoms with Gasteiger partial charge in [-0.15, -0.1) is 0 Å². The summed E-state index contributed by atoms with van der Waals surface area (Å²) in [6, 6.07) is 0.656. The van der Waals surface area contributed by atoms with Gasteiger partial charge in [-0.2, -0.15) is 0 Å². The molecule has 2 aliphatic heterocycles. The highest BCUT2D eigenvalue weighted by atomic mass is 16.5. The van der Waals surface area contributed by atoms with Crippen molar-refractivity contribution in [1.29, 1.82) is 0 Å². The lowest BCUT2D eigenvalue weighted by Gasteiger charge is -2.53. The Morgan fingerprint density at radius 1 is 1.50 bits per heavy atom. The van der Waals surface area contributed by atoms with Crippen LogP contribution in [0.1, 0.15) is 21.7 Å². The van der Waals surface area contributed by atoms with Crippen molar-refractivity contribution in [3.63, 3.8) is 0 Å². The molecule has 12 heavy (non-hydrogen) atoms. The van der Waals surface area contributed by atoms with Crippen LogP contribution >= 0.6 is 0 Å². The number of hydrogen-bond acceptors (Lipinski definition) is 3. The Morgan fingerprint density at radius 2 is 2.25 bits per heavy atom. The summed E-state index contributed by atoms with van der Waals surface area (Å²) in [5, 5.41) is 3.45. The minimum atomic E-state index is 0. The van der Waals surface area contributed by atoms with E-state index >= 15 is 0 Å². The molecule has 0 aromatic heterocycles. The van der Waals surface area contributed by atoms with Crippen LogP contribution < -0.4 is 5.32 Å². The Bertz CT molecular complexity index is 161. The third kappa shape index (κ3) is 1.37. The Labute approximate surface area is 75.6 Å².